The lowest BCUT2D eigenvalue weighted by Gasteiger charge is -2.19. The van der Waals surface area contributed by atoms with Gasteiger partial charge in [0.05, 0.1) is 6.54 Å². The number of aryl methyl sites for hydroxylation is 1. The van der Waals surface area contributed by atoms with Gasteiger partial charge in [-0.05, 0) is 30.5 Å². The summed E-state index contributed by atoms with van der Waals surface area (Å²) in [6, 6.07) is 14.4. The van der Waals surface area contributed by atoms with E-state index in [9.17, 15) is 4.79 Å². The second-order valence-electron chi connectivity index (χ2n) is 7.00. The average Bonchev–Trinajstić information content (AvgIpc) is 2.73. The van der Waals surface area contributed by atoms with E-state index in [0.717, 1.165) is 18.7 Å². The van der Waals surface area contributed by atoms with Crippen LogP contribution in [0.25, 0.3) is 0 Å². The summed E-state index contributed by atoms with van der Waals surface area (Å²) in [4.78, 5) is 22.5. The third kappa shape index (κ3) is 8.81. The molecule has 1 heterocycles. The fourth-order valence-corrected chi connectivity index (χ4v) is 2.73. The van der Waals surface area contributed by atoms with Crippen molar-refractivity contribution in [2.45, 2.75) is 26.2 Å². The molecule has 1 aromatic carbocycles. The molecular weight excluding hydrogens is 477 g/mol. The molecule has 1 unspecified atom stereocenters. The molecule has 0 fully saturated rings. The highest BCUT2D eigenvalue weighted by Crippen LogP contribution is 2.14. The van der Waals surface area contributed by atoms with E-state index in [1.54, 1.807) is 18.1 Å². The lowest BCUT2D eigenvalue weighted by molar-refractivity contribution is -0.128. The van der Waals surface area contributed by atoms with E-state index >= 15 is 0 Å². The van der Waals surface area contributed by atoms with Crippen molar-refractivity contribution in [2.75, 3.05) is 33.7 Å². The fourth-order valence-electron chi connectivity index (χ4n) is 2.73. The molecule has 1 aromatic heterocycles. The maximum atomic E-state index is 12.3. The number of aromatic nitrogens is 1. The summed E-state index contributed by atoms with van der Waals surface area (Å²) in [5.41, 5.74) is 3.52. The molecule has 2 rings (SSSR count). The second kappa shape index (κ2) is 13.1. The van der Waals surface area contributed by atoms with Crippen molar-refractivity contribution >= 4 is 35.8 Å². The number of aliphatic imine (C=N–C) groups is 1. The molecule has 0 saturated heterocycles. The highest BCUT2D eigenvalue weighted by Gasteiger charge is 2.11. The first kappa shape index (κ1) is 24.9. The minimum absolute atomic E-state index is 0. The Hall–Kier alpha value is -2.16. The number of hydrogen-bond acceptors (Lipinski definition) is 3. The smallest absolute Gasteiger partial charge is 0.241 e. The molecule has 29 heavy (non-hydrogen) atoms. The van der Waals surface area contributed by atoms with Crippen LogP contribution in [0.15, 0.2) is 53.7 Å². The van der Waals surface area contributed by atoms with Crippen molar-refractivity contribution in [3.63, 3.8) is 0 Å². The van der Waals surface area contributed by atoms with E-state index in [2.05, 4.69) is 58.7 Å². The predicted molar refractivity (Wildman–Crippen MR) is 130 cm³/mol. The van der Waals surface area contributed by atoms with E-state index < -0.39 is 0 Å². The van der Waals surface area contributed by atoms with Gasteiger partial charge in [0.1, 0.15) is 0 Å². The van der Waals surface area contributed by atoms with E-state index in [0.29, 0.717) is 18.4 Å². The number of benzene rings is 1. The number of guanidine groups is 1. The molecule has 0 aliphatic heterocycles. The number of hydrogen-bond donors (Lipinski definition) is 2. The summed E-state index contributed by atoms with van der Waals surface area (Å²) >= 11 is 0. The monoisotopic (exact) mass is 509 g/mol. The molecule has 0 radical (unpaired) electrons. The first-order valence-corrected chi connectivity index (χ1v) is 9.64. The van der Waals surface area contributed by atoms with Crippen LogP contribution in [0.2, 0.25) is 0 Å². The third-order valence-electron chi connectivity index (χ3n) is 4.71. The number of likely N-dealkylation sites (N-methyl/N-ethyl adjacent to an activating group) is 1. The molecule has 158 valence electrons. The van der Waals surface area contributed by atoms with Gasteiger partial charge in [0, 0.05) is 45.5 Å². The highest BCUT2D eigenvalue weighted by atomic mass is 127. The second-order valence-corrected chi connectivity index (χ2v) is 7.00. The maximum absolute atomic E-state index is 12.3. The Morgan fingerprint density at radius 1 is 1.17 bits per heavy atom. The first-order chi connectivity index (χ1) is 13.5. The SMILES string of the molecule is CN=C(NCC(=O)N(C)CCc1ccccn1)NCC(C)c1ccc(C)cc1.I. The zero-order valence-corrected chi connectivity index (χ0v) is 20.0. The summed E-state index contributed by atoms with van der Waals surface area (Å²) < 4.78 is 0. The van der Waals surface area contributed by atoms with Crippen LogP contribution in [0.3, 0.4) is 0 Å². The van der Waals surface area contributed by atoms with E-state index in [1.165, 1.54) is 11.1 Å². The number of halogens is 1. The van der Waals surface area contributed by atoms with E-state index in [-0.39, 0.29) is 36.4 Å². The minimum Gasteiger partial charge on any atom is -0.356 e. The third-order valence-corrected chi connectivity index (χ3v) is 4.71. The molecule has 6 nitrogen and oxygen atoms in total. The predicted octanol–water partition coefficient (Wildman–Crippen LogP) is 2.98. The van der Waals surface area contributed by atoms with Crippen LogP contribution in [-0.4, -0.2) is 55.5 Å². The van der Waals surface area contributed by atoms with Crippen LogP contribution in [-0.2, 0) is 11.2 Å². The summed E-state index contributed by atoms with van der Waals surface area (Å²) in [5.74, 6) is 0.992. The fraction of sp³-hybridized carbons (Fsp3) is 0.409. The summed E-state index contributed by atoms with van der Waals surface area (Å²) in [6.45, 7) is 5.84. The lowest BCUT2D eigenvalue weighted by Crippen LogP contribution is -2.44. The van der Waals surface area contributed by atoms with Gasteiger partial charge < -0.3 is 15.5 Å². The van der Waals surface area contributed by atoms with Crippen LogP contribution in [0, 0.1) is 6.92 Å². The summed E-state index contributed by atoms with van der Waals surface area (Å²) in [7, 11) is 3.52. The largest absolute Gasteiger partial charge is 0.356 e. The molecule has 2 aromatic rings. The molecule has 0 aliphatic rings. The molecule has 2 N–H and O–H groups in total. The van der Waals surface area contributed by atoms with Crippen molar-refractivity contribution in [1.29, 1.82) is 0 Å². The Bertz CT molecular complexity index is 765. The summed E-state index contributed by atoms with van der Waals surface area (Å²) in [6.07, 6.45) is 2.51. The van der Waals surface area contributed by atoms with Crippen LogP contribution in [0.1, 0.15) is 29.7 Å². The Morgan fingerprint density at radius 3 is 2.52 bits per heavy atom. The Labute approximate surface area is 191 Å². The van der Waals surface area contributed by atoms with Crippen molar-refractivity contribution in [3.8, 4) is 0 Å². The standard InChI is InChI=1S/C22H31N5O.HI/c1-17-8-10-19(11-9-17)18(2)15-25-22(23-3)26-16-21(28)27(4)14-12-20-7-5-6-13-24-20;/h5-11,13,18H,12,14-16H2,1-4H3,(H2,23,25,26);1H. The number of amides is 1. The van der Waals surface area contributed by atoms with Crippen LogP contribution in [0.4, 0.5) is 0 Å². The van der Waals surface area contributed by atoms with Crippen molar-refractivity contribution in [3.05, 3.63) is 65.5 Å². The van der Waals surface area contributed by atoms with Gasteiger partial charge in [-0.25, -0.2) is 0 Å². The minimum atomic E-state index is 0. The zero-order chi connectivity index (χ0) is 20.4. The Kier molecular flexibility index (Phi) is 11.3. The molecule has 0 saturated carbocycles. The molecule has 7 heteroatoms. The lowest BCUT2D eigenvalue weighted by atomic mass is 10.0. The number of pyridine rings is 1. The van der Waals surface area contributed by atoms with Crippen molar-refractivity contribution in [1.82, 2.24) is 20.5 Å². The Balaban J connectivity index is 0.00000420. The summed E-state index contributed by atoms with van der Waals surface area (Å²) in [5, 5.41) is 6.39. The highest BCUT2D eigenvalue weighted by molar-refractivity contribution is 14.0. The maximum Gasteiger partial charge on any atom is 0.241 e. The quantitative estimate of drug-likeness (QED) is 0.326. The average molecular weight is 509 g/mol. The molecule has 0 spiro atoms. The molecule has 0 aliphatic carbocycles. The molecule has 0 bridgehead atoms. The van der Waals surface area contributed by atoms with Gasteiger partial charge in [0.15, 0.2) is 5.96 Å². The molecular formula is C22H32IN5O. The van der Waals surface area contributed by atoms with Gasteiger partial charge >= 0.3 is 0 Å². The Morgan fingerprint density at radius 2 is 1.90 bits per heavy atom. The van der Waals surface area contributed by atoms with Gasteiger partial charge in [-0.1, -0.05) is 42.8 Å². The van der Waals surface area contributed by atoms with Gasteiger partial charge in [0.2, 0.25) is 5.91 Å². The zero-order valence-electron chi connectivity index (χ0n) is 17.7. The van der Waals surface area contributed by atoms with Gasteiger partial charge in [-0.2, -0.15) is 0 Å². The van der Waals surface area contributed by atoms with Crippen LogP contribution < -0.4 is 10.6 Å². The van der Waals surface area contributed by atoms with Gasteiger partial charge in [-0.3, -0.25) is 14.8 Å². The van der Waals surface area contributed by atoms with Crippen molar-refractivity contribution < 1.29 is 4.79 Å². The topological polar surface area (TPSA) is 69.6 Å². The number of nitrogens with one attached hydrogen (secondary N) is 2. The van der Waals surface area contributed by atoms with Gasteiger partial charge in [0.25, 0.3) is 0 Å². The number of carbonyl (C=O) groups is 1. The first-order valence-electron chi connectivity index (χ1n) is 9.64. The van der Waals surface area contributed by atoms with Crippen LogP contribution in [0.5, 0.6) is 0 Å². The van der Waals surface area contributed by atoms with Crippen molar-refractivity contribution in [2.24, 2.45) is 4.99 Å². The molecule has 1 amide bonds. The van der Waals surface area contributed by atoms with E-state index in [1.807, 2.05) is 25.2 Å². The van der Waals surface area contributed by atoms with Gasteiger partial charge in [-0.15, -0.1) is 24.0 Å². The number of carbonyl (C=O) groups excluding carboxylic acids is 1. The number of rotatable bonds is 8. The van der Waals surface area contributed by atoms with Crippen LogP contribution >= 0.6 is 24.0 Å². The normalized spacial score (nSPS) is 11.9. The number of nitrogens with zero attached hydrogens (tertiary/aromatic N) is 3. The van der Waals surface area contributed by atoms with E-state index in [4.69, 9.17) is 0 Å². The molecule has 1 atom stereocenters.